The molecule has 1 atom stereocenters. The summed E-state index contributed by atoms with van der Waals surface area (Å²) < 4.78 is 0. The second-order valence-corrected chi connectivity index (χ2v) is 7.43. The molecule has 0 aromatic heterocycles. The Labute approximate surface area is 159 Å². The fourth-order valence-corrected chi connectivity index (χ4v) is 3.14. The Morgan fingerprint density at radius 2 is 1.36 bits per heavy atom. The zero-order valence-electron chi connectivity index (χ0n) is 16.0. The maximum absolute atomic E-state index is 11.0. The van der Waals surface area contributed by atoms with Gasteiger partial charge in [0.2, 0.25) is 0 Å². The van der Waals surface area contributed by atoms with Crippen molar-refractivity contribution in [3.05, 3.63) is 48.6 Å². The Balaban J connectivity index is 3.62. The van der Waals surface area contributed by atoms with Crippen molar-refractivity contribution in [2.75, 3.05) is 5.75 Å². The van der Waals surface area contributed by atoms with E-state index in [2.05, 4.69) is 55.5 Å². The van der Waals surface area contributed by atoms with Crippen LogP contribution in [-0.4, -0.2) is 22.1 Å². The number of carboxylic acids is 1. The molecule has 0 saturated carbocycles. The van der Waals surface area contributed by atoms with E-state index in [1.165, 1.54) is 37.4 Å². The normalized spacial score (nSPS) is 13.7. The van der Waals surface area contributed by atoms with E-state index in [1.54, 1.807) is 0 Å². The van der Waals surface area contributed by atoms with Crippen LogP contribution in [-0.2, 0) is 4.79 Å². The molecule has 3 heteroatoms. The molecule has 0 aliphatic heterocycles. The average Bonchev–Trinajstić information content (AvgIpc) is 2.60. The number of rotatable bonds is 16. The Hall–Kier alpha value is -1.22. The van der Waals surface area contributed by atoms with Gasteiger partial charge in [0.1, 0.15) is 5.25 Å². The topological polar surface area (TPSA) is 37.3 Å². The number of carboxylic acid groups (broad SMARTS) is 1. The first-order chi connectivity index (χ1) is 12.2. The van der Waals surface area contributed by atoms with Gasteiger partial charge >= 0.3 is 5.97 Å². The van der Waals surface area contributed by atoms with Crippen LogP contribution in [0.3, 0.4) is 0 Å². The summed E-state index contributed by atoms with van der Waals surface area (Å²) in [5.41, 5.74) is 0. The van der Waals surface area contributed by atoms with Crippen molar-refractivity contribution in [3.8, 4) is 0 Å². The molecule has 1 N–H and O–H groups in total. The first kappa shape index (κ1) is 23.8. The van der Waals surface area contributed by atoms with Crippen LogP contribution < -0.4 is 0 Å². The van der Waals surface area contributed by atoms with Crippen LogP contribution in [0.5, 0.6) is 0 Å². The third-order valence-electron chi connectivity index (χ3n) is 3.70. The first-order valence-electron chi connectivity index (χ1n) is 9.66. The van der Waals surface area contributed by atoms with Gasteiger partial charge in [0.25, 0.3) is 0 Å². The fraction of sp³-hybridized carbons (Fsp3) is 0.591. The van der Waals surface area contributed by atoms with Gasteiger partial charge in [-0.3, -0.25) is 4.79 Å². The molecule has 0 saturated heterocycles. The van der Waals surface area contributed by atoms with Gasteiger partial charge in [0.15, 0.2) is 0 Å². The Morgan fingerprint density at radius 1 is 0.840 bits per heavy atom. The molecule has 0 radical (unpaired) electrons. The molecule has 0 aliphatic carbocycles. The minimum atomic E-state index is -0.692. The van der Waals surface area contributed by atoms with Crippen molar-refractivity contribution >= 4 is 17.7 Å². The zero-order chi connectivity index (χ0) is 18.6. The first-order valence-corrected chi connectivity index (χ1v) is 10.7. The summed E-state index contributed by atoms with van der Waals surface area (Å²) in [5.74, 6) is 0.161. The minimum absolute atomic E-state index is 0.268. The van der Waals surface area contributed by atoms with E-state index in [0.717, 1.165) is 31.4 Å². The summed E-state index contributed by atoms with van der Waals surface area (Å²) in [4.78, 5) is 11.0. The highest BCUT2D eigenvalue weighted by atomic mass is 32.2. The molecule has 0 aromatic carbocycles. The SMILES string of the molecule is CCCCC/C=C\C/C=C\C/C=C\C/C=C\CCC(SCC)C(=O)O. The summed E-state index contributed by atoms with van der Waals surface area (Å²) in [5, 5.41) is 8.80. The quantitative estimate of drug-likeness (QED) is 0.238. The van der Waals surface area contributed by atoms with Crippen LogP contribution in [0.1, 0.15) is 71.6 Å². The molecule has 0 spiro atoms. The second kappa shape index (κ2) is 19.1. The number of thioether (sulfide) groups is 1. The van der Waals surface area contributed by atoms with Crippen molar-refractivity contribution in [3.63, 3.8) is 0 Å². The number of hydrogen-bond acceptors (Lipinski definition) is 2. The minimum Gasteiger partial charge on any atom is -0.480 e. The lowest BCUT2D eigenvalue weighted by atomic mass is 10.2. The molecule has 142 valence electrons. The monoisotopic (exact) mass is 364 g/mol. The molecule has 0 rings (SSSR count). The Morgan fingerprint density at radius 3 is 1.84 bits per heavy atom. The lowest BCUT2D eigenvalue weighted by molar-refractivity contribution is -0.136. The molecule has 0 bridgehead atoms. The molecule has 0 heterocycles. The standard InChI is InChI=1S/C22H36O2S/c1-3-5-6-7-8-9-10-11-12-13-14-15-16-17-18-19-20-21(22(23)24)25-4-2/h8-9,11-12,14-15,17-18,21H,3-7,10,13,16,19-20H2,1-2H3,(H,23,24)/b9-8-,12-11-,15-14-,18-17-. The van der Waals surface area contributed by atoms with Crippen molar-refractivity contribution in [1.82, 2.24) is 0 Å². The van der Waals surface area contributed by atoms with Crippen LogP contribution >= 0.6 is 11.8 Å². The van der Waals surface area contributed by atoms with Crippen molar-refractivity contribution < 1.29 is 9.90 Å². The predicted octanol–water partition coefficient (Wildman–Crippen LogP) is 6.95. The number of allylic oxidation sites excluding steroid dienone is 8. The maximum atomic E-state index is 11.0. The van der Waals surface area contributed by atoms with E-state index in [9.17, 15) is 4.79 Å². The molecule has 0 aliphatic rings. The van der Waals surface area contributed by atoms with E-state index in [1.807, 2.05) is 6.92 Å². The Kier molecular flexibility index (Phi) is 18.2. The summed E-state index contributed by atoms with van der Waals surface area (Å²) in [6.45, 7) is 4.23. The third-order valence-corrected chi connectivity index (χ3v) is 4.87. The summed E-state index contributed by atoms with van der Waals surface area (Å²) >= 11 is 1.51. The fourth-order valence-electron chi connectivity index (χ4n) is 2.29. The van der Waals surface area contributed by atoms with Crippen molar-refractivity contribution in [1.29, 1.82) is 0 Å². The highest BCUT2D eigenvalue weighted by molar-refractivity contribution is 8.00. The Bertz CT molecular complexity index is 422. The van der Waals surface area contributed by atoms with Gasteiger partial charge in [-0.15, -0.1) is 11.8 Å². The van der Waals surface area contributed by atoms with E-state index >= 15 is 0 Å². The molecule has 25 heavy (non-hydrogen) atoms. The van der Waals surface area contributed by atoms with Crippen LogP contribution in [0, 0.1) is 0 Å². The molecular formula is C22H36O2S. The van der Waals surface area contributed by atoms with Gasteiger partial charge in [0, 0.05) is 0 Å². The van der Waals surface area contributed by atoms with E-state index in [0.29, 0.717) is 6.42 Å². The molecule has 1 unspecified atom stereocenters. The van der Waals surface area contributed by atoms with Gasteiger partial charge in [-0.25, -0.2) is 0 Å². The molecular weight excluding hydrogens is 328 g/mol. The predicted molar refractivity (Wildman–Crippen MR) is 113 cm³/mol. The molecule has 0 amide bonds. The van der Waals surface area contributed by atoms with Crippen LogP contribution in [0.4, 0.5) is 0 Å². The summed E-state index contributed by atoms with van der Waals surface area (Å²) in [6, 6.07) is 0. The van der Waals surface area contributed by atoms with Crippen LogP contribution in [0.2, 0.25) is 0 Å². The van der Waals surface area contributed by atoms with Crippen molar-refractivity contribution in [2.24, 2.45) is 0 Å². The zero-order valence-corrected chi connectivity index (χ0v) is 16.8. The molecule has 0 fully saturated rings. The molecule has 0 aromatic rings. The summed E-state index contributed by atoms with van der Waals surface area (Å²) in [7, 11) is 0. The summed E-state index contributed by atoms with van der Waals surface area (Å²) in [6.07, 6.45) is 27.1. The van der Waals surface area contributed by atoms with E-state index < -0.39 is 5.97 Å². The van der Waals surface area contributed by atoms with Gasteiger partial charge in [-0.05, 0) is 50.7 Å². The van der Waals surface area contributed by atoms with Gasteiger partial charge in [0.05, 0.1) is 0 Å². The van der Waals surface area contributed by atoms with E-state index in [-0.39, 0.29) is 5.25 Å². The highest BCUT2D eigenvalue weighted by Crippen LogP contribution is 2.16. The lowest BCUT2D eigenvalue weighted by Gasteiger charge is -2.08. The third kappa shape index (κ3) is 17.4. The van der Waals surface area contributed by atoms with E-state index in [4.69, 9.17) is 5.11 Å². The number of carbonyl (C=O) groups is 1. The average molecular weight is 365 g/mol. The van der Waals surface area contributed by atoms with Crippen LogP contribution in [0.25, 0.3) is 0 Å². The largest absolute Gasteiger partial charge is 0.480 e. The number of hydrogen-bond donors (Lipinski definition) is 1. The van der Waals surface area contributed by atoms with Crippen molar-refractivity contribution in [2.45, 2.75) is 76.9 Å². The maximum Gasteiger partial charge on any atom is 0.316 e. The number of aliphatic carboxylic acids is 1. The lowest BCUT2D eigenvalue weighted by Crippen LogP contribution is -2.16. The number of unbranched alkanes of at least 4 members (excludes halogenated alkanes) is 3. The molecule has 2 nitrogen and oxygen atoms in total. The second-order valence-electron chi connectivity index (χ2n) is 5.95. The highest BCUT2D eigenvalue weighted by Gasteiger charge is 2.15. The van der Waals surface area contributed by atoms with Gasteiger partial charge in [-0.2, -0.15) is 0 Å². The van der Waals surface area contributed by atoms with Crippen LogP contribution in [0.15, 0.2) is 48.6 Å². The smallest absolute Gasteiger partial charge is 0.316 e. The van der Waals surface area contributed by atoms with Gasteiger partial charge in [-0.1, -0.05) is 75.3 Å². The van der Waals surface area contributed by atoms with Gasteiger partial charge < -0.3 is 5.11 Å².